The van der Waals surface area contributed by atoms with Crippen molar-refractivity contribution in [1.82, 2.24) is 44.1 Å². The number of rotatable bonds is 17. The predicted molar refractivity (Wildman–Crippen MR) is 483 cm³/mol. The predicted octanol–water partition coefficient (Wildman–Crippen LogP) is 18.7. The Morgan fingerprint density at radius 2 is 0.526 bits per heavy atom. The molecule has 678 valence electrons. The lowest BCUT2D eigenvalue weighted by molar-refractivity contribution is -0.0636. The van der Waals surface area contributed by atoms with Crippen LogP contribution in [0.1, 0.15) is 346 Å². The molecule has 17 heteroatoms. The standard InChI is InChI=1S/2C12H23NO.C12H23N.4C11H21NO.C10H19NO.C9H17NO/c2*1-9-5-4-6-10(2)13(9)11-7-12(8-11)14-3;1-4-13-10(2)8-12(6-5-7-12)9-11(13)3;2*1-9-3-5-12(6-4-9)10-7-11(8-10)13-2;2*1-9-5-3-4-6-12(9)10-7-11(8-10)13-2;1-12-10-7-11(8-10)9-5-3-2-4-6-9;1-11-9-6-8(7-9)10-4-2-3-5-10/h2*9-12H,4-8H2,1-3H3;10-11H,4-9H2,1-3H3;4*9-11H,3-8H2,1-2H3;9-10H,2-8H2,1H3;8-9H,2-7H2,1H3/t2*9-,10-,11?,12?;10-,11-;;;2*9-,10?,11?;;/m100..10../s1. The molecule has 9 heterocycles. The van der Waals surface area contributed by atoms with E-state index in [1.54, 1.807) is 0 Å². The van der Waals surface area contributed by atoms with Crippen LogP contribution in [-0.4, -0.2) is 318 Å². The number of likely N-dealkylation sites (tertiary alicyclic amines) is 9. The van der Waals surface area contributed by atoms with Crippen LogP contribution >= 0.6 is 0 Å². The zero-order valence-corrected chi connectivity index (χ0v) is 79.3. The molecule has 0 radical (unpaired) electrons. The van der Waals surface area contributed by atoms with Crippen LogP contribution in [0.15, 0.2) is 0 Å². The molecule has 0 aromatic heterocycles. The Hall–Kier alpha value is -0.680. The Morgan fingerprint density at radius 3 is 0.819 bits per heavy atom. The van der Waals surface area contributed by atoms with Crippen LogP contribution in [-0.2, 0) is 37.9 Å². The Balaban J connectivity index is 0.000000138. The third kappa shape index (κ3) is 28.4. The van der Waals surface area contributed by atoms with E-state index in [4.69, 9.17) is 37.9 Å². The minimum Gasteiger partial charge on any atom is -0.381 e. The lowest BCUT2D eigenvalue weighted by Crippen LogP contribution is -2.56. The number of hydrogen-bond acceptors (Lipinski definition) is 17. The average molecular weight is 1630 g/mol. The summed E-state index contributed by atoms with van der Waals surface area (Å²) in [5.74, 6) is 1.91. The van der Waals surface area contributed by atoms with Gasteiger partial charge in [-0.2, -0.15) is 0 Å². The molecular formula is C99H189N9O8. The first-order valence-corrected chi connectivity index (χ1v) is 50.1. The number of methoxy groups -OCH3 is 8. The number of ether oxygens (including phenoxy) is 8. The van der Waals surface area contributed by atoms with E-state index in [1.165, 1.54) is 342 Å². The van der Waals surface area contributed by atoms with Gasteiger partial charge in [0.25, 0.3) is 0 Å². The van der Waals surface area contributed by atoms with Crippen molar-refractivity contribution in [2.45, 2.75) is 491 Å². The first-order valence-electron chi connectivity index (χ1n) is 50.1. The second kappa shape index (κ2) is 50.0. The van der Waals surface area contributed by atoms with E-state index >= 15 is 0 Å². The zero-order valence-electron chi connectivity index (χ0n) is 79.3. The fourth-order valence-electron chi connectivity index (χ4n) is 24.7. The van der Waals surface area contributed by atoms with Gasteiger partial charge in [-0.3, -0.25) is 29.4 Å². The lowest BCUT2D eigenvalue weighted by atomic mass is 9.60. The summed E-state index contributed by atoms with van der Waals surface area (Å²) in [6.45, 7) is 40.4. The quantitative estimate of drug-likeness (QED) is 0.138. The van der Waals surface area contributed by atoms with Crippen molar-refractivity contribution in [3.8, 4) is 0 Å². The summed E-state index contributed by atoms with van der Waals surface area (Å²) < 4.78 is 42.5. The molecule has 9 saturated heterocycles. The third-order valence-corrected chi connectivity index (χ3v) is 33.8. The normalized spacial score (nSPS) is 39.5. The Bertz CT molecular complexity index is 2410. The molecule has 18 fully saturated rings. The Morgan fingerprint density at radius 1 is 0.241 bits per heavy atom. The molecule has 0 aromatic carbocycles. The maximum absolute atomic E-state index is 5.35. The first kappa shape index (κ1) is 97.5. The van der Waals surface area contributed by atoms with Crippen molar-refractivity contribution in [2.75, 3.05) is 129 Å². The molecule has 0 amide bonds. The van der Waals surface area contributed by atoms with Crippen molar-refractivity contribution >= 4 is 0 Å². The Kier molecular flexibility index (Phi) is 42.0. The van der Waals surface area contributed by atoms with Gasteiger partial charge in [0.1, 0.15) is 0 Å². The van der Waals surface area contributed by atoms with Crippen molar-refractivity contribution in [2.24, 2.45) is 17.3 Å². The molecule has 0 unspecified atom stereocenters. The van der Waals surface area contributed by atoms with E-state index < -0.39 is 0 Å². The first-order chi connectivity index (χ1) is 56.1. The van der Waals surface area contributed by atoms with Gasteiger partial charge in [0, 0.05) is 167 Å². The molecule has 0 bridgehead atoms. The van der Waals surface area contributed by atoms with Gasteiger partial charge in [0.2, 0.25) is 0 Å². The highest BCUT2D eigenvalue weighted by Gasteiger charge is 2.47. The van der Waals surface area contributed by atoms with E-state index in [1.807, 2.05) is 56.9 Å². The molecule has 116 heavy (non-hydrogen) atoms. The van der Waals surface area contributed by atoms with Crippen LogP contribution in [0, 0.1) is 17.3 Å². The van der Waals surface area contributed by atoms with Crippen LogP contribution < -0.4 is 0 Å². The molecule has 18 aliphatic rings. The average Bonchev–Trinajstić information content (AvgIpc) is 0.809. The second-order valence-corrected chi connectivity index (χ2v) is 41.8. The van der Waals surface area contributed by atoms with Crippen molar-refractivity contribution in [3.63, 3.8) is 0 Å². The van der Waals surface area contributed by atoms with Gasteiger partial charge in [0.05, 0.1) is 48.8 Å². The van der Waals surface area contributed by atoms with Crippen LogP contribution in [0.2, 0.25) is 0 Å². The number of hydrogen-bond donors (Lipinski definition) is 0. The SMILES string of the molecule is CCN1[C@@H](C)CC2(CCC2)C[C@@H]1C.COC1CC(N2CCC(C)CC2)C1.COC1CC(N2CCC(C)CC2)C1.COC1CC(N2CCCC2)C1.COC1CC(N2CCCC[C@@H]2C)C1.COC1CC(N2CCCC[C@H]2C)C1.COC1CC(N2[C@@H](C)CCC[C@@H]2C)C1.COC1CC(N2[C@H](C)CCC[C@H]2C)C1.COC1CN(C2CCCCC2)C1. The van der Waals surface area contributed by atoms with Gasteiger partial charge in [0.15, 0.2) is 0 Å². The molecule has 17 nitrogen and oxygen atoms in total. The summed E-state index contributed by atoms with van der Waals surface area (Å²) in [5, 5.41) is 0. The molecule has 8 atom stereocenters. The maximum Gasteiger partial charge on any atom is 0.0825 e. The maximum atomic E-state index is 5.35. The molecule has 9 saturated carbocycles. The van der Waals surface area contributed by atoms with Gasteiger partial charge >= 0.3 is 0 Å². The van der Waals surface area contributed by atoms with E-state index in [0.717, 1.165) is 114 Å². The highest BCUT2D eigenvalue weighted by atomic mass is 16.5. The molecule has 1 spiro atoms. The zero-order chi connectivity index (χ0) is 82.8. The highest BCUT2D eigenvalue weighted by Crippen LogP contribution is 2.52. The van der Waals surface area contributed by atoms with E-state index in [0.29, 0.717) is 48.8 Å². The molecule has 0 N–H and O–H groups in total. The lowest BCUT2D eigenvalue weighted by Gasteiger charge is -2.53. The fourth-order valence-corrected chi connectivity index (χ4v) is 24.7. The summed E-state index contributed by atoms with van der Waals surface area (Å²) in [4.78, 5) is 24.1. The summed E-state index contributed by atoms with van der Waals surface area (Å²) in [7, 11) is 14.7. The largest absolute Gasteiger partial charge is 0.381 e. The smallest absolute Gasteiger partial charge is 0.0825 e. The van der Waals surface area contributed by atoms with Crippen LogP contribution in [0.5, 0.6) is 0 Å². The summed E-state index contributed by atoms with van der Waals surface area (Å²) in [5.41, 5.74) is 0.782. The van der Waals surface area contributed by atoms with E-state index in [9.17, 15) is 0 Å². The number of nitrogens with zero attached hydrogens (tertiary/aromatic N) is 9. The summed E-state index contributed by atoms with van der Waals surface area (Å²) in [6.07, 6.45) is 62.0. The van der Waals surface area contributed by atoms with Crippen LogP contribution in [0.3, 0.4) is 0 Å². The van der Waals surface area contributed by atoms with Gasteiger partial charge < -0.3 is 52.6 Å². The number of piperidine rings is 7. The highest BCUT2D eigenvalue weighted by molar-refractivity contribution is 5.01. The monoisotopic (exact) mass is 1630 g/mol. The van der Waals surface area contributed by atoms with Crippen molar-refractivity contribution in [3.05, 3.63) is 0 Å². The fraction of sp³-hybridized carbons (Fsp3) is 1.00. The minimum absolute atomic E-state index is 0.534. The van der Waals surface area contributed by atoms with E-state index in [-0.39, 0.29) is 0 Å². The van der Waals surface area contributed by atoms with Gasteiger partial charge in [-0.15, -0.1) is 0 Å². The van der Waals surface area contributed by atoms with Gasteiger partial charge in [-0.05, 0) is 350 Å². The second-order valence-electron chi connectivity index (χ2n) is 41.8. The minimum atomic E-state index is 0.534. The van der Waals surface area contributed by atoms with Crippen LogP contribution in [0.4, 0.5) is 0 Å². The molecule has 18 rings (SSSR count). The van der Waals surface area contributed by atoms with Crippen LogP contribution in [0.25, 0.3) is 0 Å². The molecule has 9 aliphatic carbocycles. The summed E-state index contributed by atoms with van der Waals surface area (Å²) >= 11 is 0. The molecule has 9 aliphatic heterocycles. The molecular weight excluding hydrogens is 1440 g/mol. The summed E-state index contributed by atoms with van der Waals surface area (Å²) in [6, 6.07) is 13.2. The van der Waals surface area contributed by atoms with Gasteiger partial charge in [-0.25, -0.2) is 0 Å². The van der Waals surface area contributed by atoms with E-state index in [2.05, 4.69) is 120 Å². The molecule has 0 aromatic rings. The topological polar surface area (TPSA) is 103 Å². The Labute approximate surface area is 715 Å². The van der Waals surface area contributed by atoms with Crippen molar-refractivity contribution in [1.29, 1.82) is 0 Å². The van der Waals surface area contributed by atoms with Gasteiger partial charge in [-0.1, -0.05) is 72.1 Å². The third-order valence-electron chi connectivity index (χ3n) is 33.8. The van der Waals surface area contributed by atoms with Crippen molar-refractivity contribution < 1.29 is 37.9 Å².